The van der Waals surface area contributed by atoms with Crippen molar-refractivity contribution in [2.24, 2.45) is 5.73 Å². The fourth-order valence-corrected chi connectivity index (χ4v) is 1.52. The molecule has 2 rings (SSSR count). The van der Waals surface area contributed by atoms with Gasteiger partial charge in [-0.25, -0.2) is 15.0 Å². The third-order valence-electron chi connectivity index (χ3n) is 2.48. The summed E-state index contributed by atoms with van der Waals surface area (Å²) in [5, 5.41) is 11.6. The fraction of sp³-hybridized carbons (Fsp3) is 0.364. The molecule has 2 aromatic heterocycles. The van der Waals surface area contributed by atoms with Crippen molar-refractivity contribution in [2.75, 3.05) is 0 Å². The summed E-state index contributed by atoms with van der Waals surface area (Å²) in [5.41, 5.74) is 5.68. The van der Waals surface area contributed by atoms with Crippen LogP contribution < -0.4 is 5.73 Å². The lowest BCUT2D eigenvalue weighted by molar-refractivity contribution is 0.763. The van der Waals surface area contributed by atoms with E-state index in [1.807, 2.05) is 13.8 Å². The Morgan fingerprint density at radius 3 is 2.56 bits per heavy atom. The van der Waals surface area contributed by atoms with Crippen molar-refractivity contribution >= 4 is 5.84 Å². The van der Waals surface area contributed by atoms with Crippen LogP contribution in [0.5, 0.6) is 0 Å². The maximum Gasteiger partial charge on any atom is 0.174 e. The van der Waals surface area contributed by atoms with E-state index >= 15 is 0 Å². The van der Waals surface area contributed by atoms with Gasteiger partial charge in [0.2, 0.25) is 0 Å². The molecule has 94 valence electrons. The standard InChI is InChI=1S/C11H15N7/c1-3-8-16-9(4-2)18(17-8)10-6-14-7(5-15-10)11(12)13/h5-6H,3-4H2,1-2H3,(H3,12,13). The Kier molecular flexibility index (Phi) is 3.31. The summed E-state index contributed by atoms with van der Waals surface area (Å²) in [6, 6.07) is 0. The van der Waals surface area contributed by atoms with Crippen LogP contribution in [0.25, 0.3) is 5.82 Å². The largest absolute Gasteiger partial charge is 0.382 e. The van der Waals surface area contributed by atoms with Crippen molar-refractivity contribution in [2.45, 2.75) is 26.7 Å². The van der Waals surface area contributed by atoms with Gasteiger partial charge < -0.3 is 5.73 Å². The first-order chi connectivity index (χ1) is 8.65. The molecule has 0 radical (unpaired) electrons. The number of hydrogen-bond acceptors (Lipinski definition) is 5. The number of hydrogen-bond donors (Lipinski definition) is 2. The zero-order valence-corrected chi connectivity index (χ0v) is 10.4. The third-order valence-corrected chi connectivity index (χ3v) is 2.48. The smallest absolute Gasteiger partial charge is 0.174 e. The highest BCUT2D eigenvalue weighted by Gasteiger charge is 2.10. The molecule has 0 aromatic carbocycles. The maximum absolute atomic E-state index is 7.26. The summed E-state index contributed by atoms with van der Waals surface area (Å²) in [5.74, 6) is 2.11. The van der Waals surface area contributed by atoms with E-state index in [1.54, 1.807) is 10.9 Å². The molecule has 0 aliphatic rings. The summed E-state index contributed by atoms with van der Waals surface area (Å²) in [4.78, 5) is 12.7. The molecule has 7 nitrogen and oxygen atoms in total. The molecule has 0 amide bonds. The molecule has 7 heteroatoms. The van der Waals surface area contributed by atoms with E-state index < -0.39 is 0 Å². The first-order valence-corrected chi connectivity index (χ1v) is 5.77. The molecular formula is C11H15N7. The molecule has 0 fully saturated rings. The van der Waals surface area contributed by atoms with Gasteiger partial charge in [0.25, 0.3) is 0 Å². The van der Waals surface area contributed by atoms with Gasteiger partial charge in [-0.15, -0.1) is 5.10 Å². The molecular weight excluding hydrogens is 230 g/mol. The lowest BCUT2D eigenvalue weighted by atomic mass is 10.4. The van der Waals surface area contributed by atoms with Crippen molar-refractivity contribution in [1.82, 2.24) is 24.7 Å². The van der Waals surface area contributed by atoms with E-state index in [2.05, 4.69) is 20.1 Å². The Balaban J connectivity index is 2.41. The summed E-state index contributed by atoms with van der Waals surface area (Å²) < 4.78 is 1.68. The van der Waals surface area contributed by atoms with Gasteiger partial charge >= 0.3 is 0 Å². The van der Waals surface area contributed by atoms with E-state index in [0.717, 1.165) is 24.5 Å². The van der Waals surface area contributed by atoms with E-state index in [1.165, 1.54) is 6.20 Å². The lowest BCUT2D eigenvalue weighted by Crippen LogP contribution is -2.14. The summed E-state index contributed by atoms with van der Waals surface area (Å²) in [6.45, 7) is 4.01. The molecule has 18 heavy (non-hydrogen) atoms. The summed E-state index contributed by atoms with van der Waals surface area (Å²) in [6.07, 6.45) is 4.55. The number of nitrogens with one attached hydrogen (secondary N) is 1. The quantitative estimate of drug-likeness (QED) is 0.601. The van der Waals surface area contributed by atoms with Gasteiger partial charge in [0, 0.05) is 12.8 Å². The van der Waals surface area contributed by atoms with Crippen LogP contribution in [-0.4, -0.2) is 30.6 Å². The highest BCUT2D eigenvalue weighted by molar-refractivity contribution is 5.92. The number of rotatable bonds is 4. The number of nitrogens with zero attached hydrogens (tertiary/aromatic N) is 5. The molecule has 0 bridgehead atoms. The molecule has 0 atom stereocenters. The maximum atomic E-state index is 7.26. The SMILES string of the molecule is CCc1nc(CC)n(-c2cnc(C(=N)N)cn2)n1. The second-order valence-electron chi connectivity index (χ2n) is 3.74. The van der Waals surface area contributed by atoms with Crippen LogP contribution in [0.15, 0.2) is 12.4 Å². The molecule has 3 N–H and O–H groups in total. The first-order valence-electron chi connectivity index (χ1n) is 5.77. The fourth-order valence-electron chi connectivity index (χ4n) is 1.52. The van der Waals surface area contributed by atoms with Crippen LogP contribution in [0.2, 0.25) is 0 Å². The molecule has 0 aliphatic heterocycles. The molecule has 0 saturated heterocycles. The van der Waals surface area contributed by atoms with Crippen molar-refractivity contribution in [3.63, 3.8) is 0 Å². The van der Waals surface area contributed by atoms with Gasteiger partial charge in [-0.2, -0.15) is 4.68 Å². The Morgan fingerprint density at radius 1 is 1.28 bits per heavy atom. The minimum Gasteiger partial charge on any atom is -0.382 e. The van der Waals surface area contributed by atoms with Gasteiger partial charge in [-0.3, -0.25) is 5.41 Å². The van der Waals surface area contributed by atoms with Crippen LogP contribution in [0.3, 0.4) is 0 Å². The van der Waals surface area contributed by atoms with Crippen LogP contribution in [0.4, 0.5) is 0 Å². The van der Waals surface area contributed by atoms with Crippen LogP contribution >= 0.6 is 0 Å². The second kappa shape index (κ2) is 4.91. The highest BCUT2D eigenvalue weighted by Crippen LogP contribution is 2.07. The monoisotopic (exact) mass is 245 g/mol. The number of aryl methyl sites for hydroxylation is 2. The Morgan fingerprint density at radius 2 is 2.06 bits per heavy atom. The van der Waals surface area contributed by atoms with E-state index in [-0.39, 0.29) is 5.84 Å². The topological polar surface area (TPSA) is 106 Å². The number of aromatic nitrogens is 5. The number of amidine groups is 1. The van der Waals surface area contributed by atoms with Gasteiger partial charge in [-0.1, -0.05) is 13.8 Å². The van der Waals surface area contributed by atoms with E-state index in [0.29, 0.717) is 11.5 Å². The molecule has 2 heterocycles. The zero-order chi connectivity index (χ0) is 13.1. The Hall–Kier alpha value is -2.31. The lowest BCUT2D eigenvalue weighted by Gasteiger charge is -2.03. The van der Waals surface area contributed by atoms with Crippen molar-refractivity contribution in [1.29, 1.82) is 5.41 Å². The van der Waals surface area contributed by atoms with Crippen LogP contribution in [0.1, 0.15) is 31.2 Å². The summed E-state index contributed by atoms with van der Waals surface area (Å²) in [7, 11) is 0. The predicted octanol–water partition coefficient (Wildman–Crippen LogP) is 0.466. The van der Waals surface area contributed by atoms with E-state index in [4.69, 9.17) is 11.1 Å². The molecule has 0 unspecified atom stereocenters. The normalized spacial score (nSPS) is 10.6. The van der Waals surface area contributed by atoms with Gasteiger partial charge in [-0.05, 0) is 0 Å². The van der Waals surface area contributed by atoms with Crippen molar-refractivity contribution in [3.8, 4) is 5.82 Å². The average molecular weight is 245 g/mol. The van der Waals surface area contributed by atoms with Gasteiger partial charge in [0.15, 0.2) is 11.6 Å². The highest BCUT2D eigenvalue weighted by atomic mass is 15.4. The molecule has 0 spiro atoms. The predicted molar refractivity (Wildman–Crippen MR) is 66.7 cm³/mol. The first kappa shape index (κ1) is 12.2. The Bertz CT molecular complexity index is 555. The summed E-state index contributed by atoms with van der Waals surface area (Å²) >= 11 is 0. The van der Waals surface area contributed by atoms with Crippen molar-refractivity contribution < 1.29 is 0 Å². The third kappa shape index (κ3) is 2.20. The minimum absolute atomic E-state index is 0.0994. The molecule has 0 saturated carbocycles. The van der Waals surface area contributed by atoms with Gasteiger partial charge in [0.05, 0.1) is 12.4 Å². The Labute approximate surface area is 105 Å². The second-order valence-corrected chi connectivity index (χ2v) is 3.74. The van der Waals surface area contributed by atoms with Gasteiger partial charge in [0.1, 0.15) is 17.4 Å². The average Bonchev–Trinajstić information content (AvgIpc) is 2.82. The van der Waals surface area contributed by atoms with Crippen LogP contribution in [-0.2, 0) is 12.8 Å². The number of nitrogen functional groups attached to an aromatic ring is 1. The number of nitrogens with two attached hydrogens (primary N) is 1. The molecule has 2 aromatic rings. The minimum atomic E-state index is -0.0994. The van der Waals surface area contributed by atoms with E-state index in [9.17, 15) is 0 Å². The van der Waals surface area contributed by atoms with Crippen LogP contribution in [0, 0.1) is 5.41 Å². The van der Waals surface area contributed by atoms with Crippen molar-refractivity contribution in [3.05, 3.63) is 29.7 Å². The zero-order valence-electron chi connectivity index (χ0n) is 10.4. The molecule has 0 aliphatic carbocycles.